The Labute approximate surface area is 248 Å². The first-order chi connectivity index (χ1) is 20.9. The molecule has 2 heterocycles. The lowest BCUT2D eigenvalue weighted by atomic mass is 9.89. The predicted molar refractivity (Wildman–Crippen MR) is 164 cm³/mol. The van der Waals surface area contributed by atoms with Crippen LogP contribution in [0.2, 0.25) is 0 Å². The van der Waals surface area contributed by atoms with Gasteiger partial charge in [-0.1, -0.05) is 54.6 Å². The highest BCUT2D eigenvalue weighted by atomic mass is 16.4. The maximum Gasteiger partial charge on any atom is 0.308 e. The number of likely N-dealkylation sites (N-methyl/N-ethyl adjacent to an activating group) is 1. The molecule has 2 unspecified atom stereocenters. The summed E-state index contributed by atoms with van der Waals surface area (Å²) in [5.74, 6) is -2.29. The number of rotatable bonds is 8. The van der Waals surface area contributed by atoms with E-state index >= 15 is 0 Å². The average Bonchev–Trinajstić information content (AvgIpc) is 3.66. The minimum Gasteiger partial charge on any atom is -0.481 e. The summed E-state index contributed by atoms with van der Waals surface area (Å²) in [4.78, 5) is 45.9. The number of aliphatic carboxylic acids is 1. The van der Waals surface area contributed by atoms with Crippen molar-refractivity contribution in [1.82, 2.24) is 9.88 Å². The molecule has 4 aromatic carbocycles. The molecule has 216 valence electrons. The van der Waals surface area contributed by atoms with Gasteiger partial charge in [-0.3, -0.25) is 14.4 Å². The van der Waals surface area contributed by atoms with Crippen LogP contribution in [0, 0.1) is 5.92 Å². The van der Waals surface area contributed by atoms with Crippen LogP contribution in [0.3, 0.4) is 0 Å². The highest BCUT2D eigenvalue weighted by Gasteiger charge is 2.40. The van der Waals surface area contributed by atoms with E-state index in [1.165, 1.54) is 0 Å². The van der Waals surface area contributed by atoms with Gasteiger partial charge in [0.15, 0.2) is 5.58 Å². The number of oxazole rings is 1. The molecule has 1 fully saturated rings. The summed E-state index contributed by atoms with van der Waals surface area (Å²) < 4.78 is 5.86. The molecule has 2 amide bonds. The van der Waals surface area contributed by atoms with E-state index in [-0.39, 0.29) is 30.7 Å². The van der Waals surface area contributed by atoms with Gasteiger partial charge < -0.3 is 24.6 Å². The fraction of sp³-hybridized carbons (Fsp3) is 0.176. The van der Waals surface area contributed by atoms with Crippen LogP contribution >= 0.6 is 0 Å². The first kappa shape index (κ1) is 27.7. The van der Waals surface area contributed by atoms with Gasteiger partial charge in [-0.25, -0.2) is 0 Å². The Morgan fingerprint density at radius 2 is 1.63 bits per heavy atom. The summed E-state index contributed by atoms with van der Waals surface area (Å²) >= 11 is 0. The number of nitrogens with zero attached hydrogens (tertiary/aromatic N) is 3. The van der Waals surface area contributed by atoms with E-state index in [9.17, 15) is 19.5 Å². The number of aromatic nitrogens is 1. The number of carbonyl (C=O) groups is 3. The standard InChI is InChI=1S/C34H30N4O5/c1-37(31(39)19-22-12-17-29-30(18-22)43-34(36-29)35-25-10-6-3-7-11-25)26-15-13-23(14-16-26)27-20-38(21-28(27)33(41)42)32(40)24-8-4-2-5-9-24/h2-18,27-28H,19-21H2,1H3,(H,35,36)(H,41,42). The number of carbonyl (C=O) groups excluding carboxylic acids is 2. The Morgan fingerprint density at radius 1 is 0.930 bits per heavy atom. The fourth-order valence-corrected chi connectivity index (χ4v) is 5.48. The Balaban J connectivity index is 1.12. The summed E-state index contributed by atoms with van der Waals surface area (Å²) in [6.45, 7) is 0.457. The lowest BCUT2D eigenvalue weighted by Gasteiger charge is -2.20. The summed E-state index contributed by atoms with van der Waals surface area (Å²) in [5.41, 5.74) is 4.97. The molecule has 9 heteroatoms. The lowest BCUT2D eigenvalue weighted by Crippen LogP contribution is -2.29. The molecule has 2 atom stereocenters. The van der Waals surface area contributed by atoms with Crippen molar-refractivity contribution < 1.29 is 23.9 Å². The van der Waals surface area contributed by atoms with Crippen molar-refractivity contribution in [2.75, 3.05) is 30.4 Å². The van der Waals surface area contributed by atoms with E-state index in [0.29, 0.717) is 34.9 Å². The van der Waals surface area contributed by atoms with E-state index in [4.69, 9.17) is 4.42 Å². The van der Waals surface area contributed by atoms with Crippen molar-refractivity contribution in [3.8, 4) is 0 Å². The molecule has 1 aromatic heterocycles. The Hall–Kier alpha value is -5.44. The van der Waals surface area contributed by atoms with E-state index in [1.807, 2.05) is 78.9 Å². The molecule has 6 rings (SSSR count). The maximum atomic E-state index is 13.2. The van der Waals surface area contributed by atoms with E-state index in [2.05, 4.69) is 10.3 Å². The zero-order chi connectivity index (χ0) is 29.9. The molecular formula is C34H30N4O5. The molecule has 1 aliphatic heterocycles. The minimum absolute atomic E-state index is 0.113. The number of carboxylic acids is 1. The first-order valence-corrected chi connectivity index (χ1v) is 14.0. The topological polar surface area (TPSA) is 116 Å². The second kappa shape index (κ2) is 11.8. The second-order valence-electron chi connectivity index (χ2n) is 10.7. The van der Waals surface area contributed by atoms with Crippen LogP contribution in [0.15, 0.2) is 108 Å². The Kier molecular flexibility index (Phi) is 7.61. The highest BCUT2D eigenvalue weighted by molar-refractivity contribution is 5.95. The summed E-state index contributed by atoms with van der Waals surface area (Å²) in [5, 5.41) is 13.0. The number of hydrogen-bond donors (Lipinski definition) is 2. The fourth-order valence-electron chi connectivity index (χ4n) is 5.48. The average molecular weight is 575 g/mol. The molecule has 9 nitrogen and oxygen atoms in total. The number of amides is 2. The van der Waals surface area contributed by atoms with Crippen LogP contribution in [0.4, 0.5) is 17.4 Å². The van der Waals surface area contributed by atoms with Crippen molar-refractivity contribution in [3.63, 3.8) is 0 Å². The molecule has 2 N–H and O–H groups in total. The summed E-state index contributed by atoms with van der Waals surface area (Å²) in [6, 6.07) is 31.7. The minimum atomic E-state index is -0.934. The largest absolute Gasteiger partial charge is 0.481 e. The molecule has 1 saturated heterocycles. The number of fused-ring (bicyclic) bond motifs is 1. The van der Waals surface area contributed by atoms with Gasteiger partial charge >= 0.3 is 5.97 Å². The van der Waals surface area contributed by atoms with E-state index < -0.39 is 11.9 Å². The van der Waals surface area contributed by atoms with Crippen LogP contribution < -0.4 is 10.2 Å². The molecule has 0 spiro atoms. The SMILES string of the molecule is CN(C(=O)Cc1ccc2nc(Nc3ccccc3)oc2c1)c1ccc(C2CN(C(=O)c3ccccc3)CC2C(=O)O)cc1. The van der Waals surface area contributed by atoms with Gasteiger partial charge in [0, 0.05) is 43.0 Å². The first-order valence-electron chi connectivity index (χ1n) is 14.0. The molecule has 1 aliphatic rings. The van der Waals surface area contributed by atoms with Crippen LogP contribution in [-0.2, 0) is 16.0 Å². The number of para-hydroxylation sites is 1. The monoisotopic (exact) mass is 574 g/mol. The molecule has 0 aliphatic carbocycles. The van der Waals surface area contributed by atoms with Crippen LogP contribution in [-0.4, -0.2) is 52.9 Å². The molecule has 0 saturated carbocycles. The molecule has 0 radical (unpaired) electrons. The van der Waals surface area contributed by atoms with Crippen LogP contribution in [0.1, 0.15) is 27.4 Å². The Bertz CT molecular complexity index is 1770. The zero-order valence-corrected chi connectivity index (χ0v) is 23.5. The van der Waals surface area contributed by atoms with Crippen molar-refractivity contribution in [1.29, 1.82) is 0 Å². The number of likely N-dealkylation sites (tertiary alicyclic amines) is 1. The maximum absolute atomic E-state index is 13.2. The van der Waals surface area contributed by atoms with Crippen molar-refractivity contribution >= 4 is 46.3 Å². The molecule has 0 bridgehead atoms. The van der Waals surface area contributed by atoms with Gasteiger partial charge in [0.05, 0.1) is 12.3 Å². The summed E-state index contributed by atoms with van der Waals surface area (Å²) in [6.07, 6.45) is 0.163. The third-order valence-electron chi connectivity index (χ3n) is 7.86. The van der Waals surface area contributed by atoms with Crippen LogP contribution in [0.5, 0.6) is 0 Å². The smallest absolute Gasteiger partial charge is 0.308 e. The van der Waals surface area contributed by atoms with Crippen LogP contribution in [0.25, 0.3) is 11.1 Å². The van der Waals surface area contributed by atoms with E-state index in [0.717, 1.165) is 16.8 Å². The van der Waals surface area contributed by atoms with Gasteiger partial charge in [0.1, 0.15) is 5.52 Å². The molecule has 5 aromatic rings. The van der Waals surface area contributed by atoms with Crippen molar-refractivity contribution in [3.05, 3.63) is 120 Å². The van der Waals surface area contributed by atoms with Gasteiger partial charge in [-0.15, -0.1) is 0 Å². The van der Waals surface area contributed by atoms with Gasteiger partial charge in [0.25, 0.3) is 11.9 Å². The number of carboxylic acid groups (broad SMARTS) is 1. The Morgan fingerprint density at radius 3 is 2.33 bits per heavy atom. The molecular weight excluding hydrogens is 544 g/mol. The third-order valence-corrected chi connectivity index (χ3v) is 7.86. The normalized spacial score (nSPS) is 16.3. The quantitative estimate of drug-likeness (QED) is 0.244. The lowest BCUT2D eigenvalue weighted by molar-refractivity contribution is -0.141. The molecule has 43 heavy (non-hydrogen) atoms. The summed E-state index contributed by atoms with van der Waals surface area (Å²) in [7, 11) is 1.71. The van der Waals surface area contributed by atoms with Gasteiger partial charge in [-0.2, -0.15) is 4.98 Å². The van der Waals surface area contributed by atoms with Gasteiger partial charge in [0.2, 0.25) is 5.91 Å². The second-order valence-corrected chi connectivity index (χ2v) is 10.7. The third kappa shape index (κ3) is 5.97. The zero-order valence-electron chi connectivity index (χ0n) is 23.5. The predicted octanol–water partition coefficient (Wildman–Crippen LogP) is 5.72. The number of benzene rings is 4. The van der Waals surface area contributed by atoms with Crippen molar-refractivity contribution in [2.24, 2.45) is 5.92 Å². The number of hydrogen-bond acceptors (Lipinski definition) is 6. The number of nitrogens with one attached hydrogen (secondary N) is 1. The van der Waals surface area contributed by atoms with Gasteiger partial charge in [-0.05, 0) is 59.7 Å². The number of anilines is 3. The highest BCUT2D eigenvalue weighted by Crippen LogP contribution is 2.35. The van der Waals surface area contributed by atoms with E-state index in [1.54, 1.807) is 41.1 Å². The van der Waals surface area contributed by atoms with Crippen molar-refractivity contribution in [2.45, 2.75) is 12.3 Å².